The molecule has 1 aromatic carbocycles. The molecule has 0 spiro atoms. The molecule has 1 heterocycles. The zero-order valence-corrected chi connectivity index (χ0v) is 9.15. The molecule has 0 saturated carbocycles. The van der Waals surface area contributed by atoms with Crippen molar-refractivity contribution in [3.8, 4) is 0 Å². The number of halogens is 1. The molecule has 4 heteroatoms. The Morgan fingerprint density at radius 3 is 3.06 bits per heavy atom. The van der Waals surface area contributed by atoms with Crippen LogP contribution in [0.3, 0.4) is 0 Å². The highest BCUT2D eigenvalue weighted by atomic mass is 19.1. The summed E-state index contributed by atoms with van der Waals surface area (Å²) in [5.74, 6) is -0.349. The molecule has 1 aromatic rings. The fourth-order valence-corrected chi connectivity index (χ4v) is 1.99. The van der Waals surface area contributed by atoms with Crippen LogP contribution in [0.4, 0.5) is 10.1 Å². The van der Waals surface area contributed by atoms with Crippen LogP contribution in [-0.4, -0.2) is 32.1 Å². The highest BCUT2D eigenvalue weighted by Gasteiger charge is 2.23. The molecular formula is C12H14FNO2. The fourth-order valence-electron chi connectivity index (χ4n) is 1.99. The van der Waals surface area contributed by atoms with Gasteiger partial charge in [0.25, 0.3) is 0 Å². The largest absolute Gasteiger partial charge is 0.377 e. The van der Waals surface area contributed by atoms with Gasteiger partial charge in [-0.15, -0.1) is 0 Å². The lowest BCUT2D eigenvalue weighted by Crippen LogP contribution is -2.44. The molecule has 16 heavy (non-hydrogen) atoms. The predicted octanol–water partition coefficient (Wildman–Crippen LogP) is 1.86. The van der Waals surface area contributed by atoms with Gasteiger partial charge in [-0.3, -0.25) is 4.79 Å². The first-order valence-corrected chi connectivity index (χ1v) is 5.32. The molecule has 0 radical (unpaired) electrons. The number of hydrogen-bond acceptors (Lipinski definition) is 3. The van der Waals surface area contributed by atoms with Crippen LogP contribution in [0, 0.1) is 5.82 Å². The van der Waals surface area contributed by atoms with Gasteiger partial charge in [-0.2, -0.15) is 0 Å². The Labute approximate surface area is 93.8 Å². The molecule has 86 valence electrons. The van der Waals surface area contributed by atoms with Crippen LogP contribution in [-0.2, 0) is 4.74 Å². The van der Waals surface area contributed by atoms with Crippen molar-refractivity contribution >= 4 is 12.0 Å². The lowest BCUT2D eigenvalue weighted by atomic mass is 10.1. The third kappa shape index (κ3) is 1.93. The topological polar surface area (TPSA) is 29.5 Å². The van der Waals surface area contributed by atoms with Crippen molar-refractivity contribution in [3.05, 3.63) is 29.6 Å². The van der Waals surface area contributed by atoms with Crippen LogP contribution in [0.15, 0.2) is 18.2 Å². The fraction of sp³-hybridized carbons (Fsp3) is 0.417. The van der Waals surface area contributed by atoms with E-state index in [-0.39, 0.29) is 11.9 Å². The Morgan fingerprint density at radius 1 is 1.56 bits per heavy atom. The molecule has 3 nitrogen and oxygen atoms in total. The number of ether oxygens (including phenoxy) is 1. The van der Waals surface area contributed by atoms with Gasteiger partial charge in [-0.25, -0.2) is 4.39 Å². The van der Waals surface area contributed by atoms with E-state index in [9.17, 15) is 9.18 Å². The van der Waals surface area contributed by atoms with Crippen LogP contribution in [0.2, 0.25) is 0 Å². The standard InChI is InChI=1S/C12H14FNO2/c1-9-8-16-6-5-14(9)12-10(7-15)3-2-4-11(12)13/h2-4,7,9H,5-6,8H2,1H3. The highest BCUT2D eigenvalue weighted by Crippen LogP contribution is 2.26. The second-order valence-electron chi connectivity index (χ2n) is 3.91. The Bertz CT molecular complexity index is 395. The maximum Gasteiger partial charge on any atom is 0.152 e. The zero-order chi connectivity index (χ0) is 11.5. The van der Waals surface area contributed by atoms with Gasteiger partial charge >= 0.3 is 0 Å². The SMILES string of the molecule is CC1COCCN1c1c(F)cccc1C=O. The summed E-state index contributed by atoms with van der Waals surface area (Å²) >= 11 is 0. The Balaban J connectivity index is 2.41. The average molecular weight is 223 g/mol. The van der Waals surface area contributed by atoms with Gasteiger partial charge in [-0.1, -0.05) is 6.07 Å². The summed E-state index contributed by atoms with van der Waals surface area (Å²) < 4.78 is 19.0. The molecule has 1 fully saturated rings. The van der Waals surface area contributed by atoms with Crippen LogP contribution in [0.25, 0.3) is 0 Å². The number of carbonyl (C=O) groups is 1. The maximum absolute atomic E-state index is 13.8. The molecule has 0 aliphatic carbocycles. The number of morpholine rings is 1. The first-order valence-electron chi connectivity index (χ1n) is 5.32. The van der Waals surface area contributed by atoms with Gasteiger partial charge in [0, 0.05) is 18.2 Å². The smallest absolute Gasteiger partial charge is 0.152 e. The second kappa shape index (κ2) is 4.61. The summed E-state index contributed by atoms with van der Waals surface area (Å²) in [6.07, 6.45) is 0.695. The predicted molar refractivity (Wildman–Crippen MR) is 59.4 cm³/mol. The van der Waals surface area contributed by atoms with Crippen molar-refractivity contribution in [1.29, 1.82) is 0 Å². The lowest BCUT2D eigenvalue weighted by Gasteiger charge is -2.36. The molecule has 1 aliphatic rings. The quantitative estimate of drug-likeness (QED) is 0.717. The van der Waals surface area contributed by atoms with E-state index in [0.29, 0.717) is 37.3 Å². The van der Waals surface area contributed by atoms with Gasteiger partial charge in [0.15, 0.2) is 6.29 Å². The zero-order valence-electron chi connectivity index (χ0n) is 9.15. The van der Waals surface area contributed by atoms with Crippen molar-refractivity contribution < 1.29 is 13.9 Å². The monoisotopic (exact) mass is 223 g/mol. The van der Waals surface area contributed by atoms with Crippen molar-refractivity contribution in [3.63, 3.8) is 0 Å². The third-order valence-electron chi connectivity index (χ3n) is 2.80. The third-order valence-corrected chi connectivity index (χ3v) is 2.80. The molecule has 2 rings (SSSR count). The molecule has 1 unspecified atom stereocenters. The summed E-state index contributed by atoms with van der Waals surface area (Å²) in [4.78, 5) is 12.8. The molecule has 0 aromatic heterocycles. The van der Waals surface area contributed by atoms with Crippen LogP contribution in [0.1, 0.15) is 17.3 Å². The number of carbonyl (C=O) groups excluding carboxylic acids is 1. The molecular weight excluding hydrogens is 209 g/mol. The first kappa shape index (κ1) is 11.1. The number of benzene rings is 1. The minimum Gasteiger partial charge on any atom is -0.377 e. The summed E-state index contributed by atoms with van der Waals surface area (Å²) in [6, 6.07) is 4.65. The van der Waals surface area contributed by atoms with E-state index in [4.69, 9.17) is 4.74 Å². The normalized spacial score (nSPS) is 20.9. The van der Waals surface area contributed by atoms with E-state index in [2.05, 4.69) is 0 Å². The second-order valence-corrected chi connectivity index (χ2v) is 3.91. The summed E-state index contributed by atoms with van der Waals surface area (Å²) in [5.41, 5.74) is 0.794. The van der Waals surface area contributed by atoms with Gasteiger partial charge in [0.05, 0.1) is 18.9 Å². The van der Waals surface area contributed by atoms with E-state index in [0.717, 1.165) is 0 Å². The molecule has 1 atom stereocenters. The van der Waals surface area contributed by atoms with Gasteiger partial charge in [0.2, 0.25) is 0 Å². The Kier molecular flexibility index (Phi) is 3.19. The maximum atomic E-state index is 13.8. The van der Waals surface area contributed by atoms with E-state index in [1.807, 2.05) is 11.8 Å². The van der Waals surface area contributed by atoms with Gasteiger partial charge in [0.1, 0.15) is 5.82 Å². The van der Waals surface area contributed by atoms with Crippen LogP contribution < -0.4 is 4.90 Å². The number of para-hydroxylation sites is 1. The molecule has 1 saturated heterocycles. The van der Waals surface area contributed by atoms with E-state index in [1.54, 1.807) is 12.1 Å². The molecule has 1 aliphatic heterocycles. The Hall–Kier alpha value is -1.42. The average Bonchev–Trinajstić information content (AvgIpc) is 2.30. The van der Waals surface area contributed by atoms with Gasteiger partial charge < -0.3 is 9.64 Å². The van der Waals surface area contributed by atoms with Crippen molar-refractivity contribution in [2.24, 2.45) is 0 Å². The Morgan fingerprint density at radius 2 is 2.38 bits per heavy atom. The first-order chi connectivity index (χ1) is 7.74. The van der Waals surface area contributed by atoms with Gasteiger partial charge in [-0.05, 0) is 19.1 Å². The van der Waals surface area contributed by atoms with E-state index < -0.39 is 0 Å². The minimum absolute atomic E-state index is 0.0874. The van der Waals surface area contributed by atoms with Crippen molar-refractivity contribution in [2.45, 2.75) is 13.0 Å². The van der Waals surface area contributed by atoms with Crippen LogP contribution >= 0.6 is 0 Å². The highest BCUT2D eigenvalue weighted by molar-refractivity contribution is 5.85. The molecule has 0 amide bonds. The summed E-state index contributed by atoms with van der Waals surface area (Å²) in [5, 5.41) is 0. The number of anilines is 1. The minimum atomic E-state index is -0.349. The van der Waals surface area contributed by atoms with Crippen molar-refractivity contribution in [1.82, 2.24) is 0 Å². The molecule has 0 N–H and O–H groups in total. The lowest BCUT2D eigenvalue weighted by molar-refractivity contribution is 0.0981. The van der Waals surface area contributed by atoms with Crippen molar-refractivity contribution in [2.75, 3.05) is 24.7 Å². The number of rotatable bonds is 2. The van der Waals surface area contributed by atoms with E-state index >= 15 is 0 Å². The number of nitrogens with zero attached hydrogens (tertiary/aromatic N) is 1. The number of hydrogen-bond donors (Lipinski definition) is 0. The van der Waals surface area contributed by atoms with Crippen LogP contribution in [0.5, 0.6) is 0 Å². The van der Waals surface area contributed by atoms with E-state index in [1.165, 1.54) is 6.07 Å². The molecule has 0 bridgehead atoms. The summed E-state index contributed by atoms with van der Waals surface area (Å²) in [7, 11) is 0. The number of aldehydes is 1. The summed E-state index contributed by atoms with van der Waals surface area (Å²) in [6.45, 7) is 3.70.